The molecule has 2 fully saturated rings. The Hall–Kier alpha value is -0.0900. The van der Waals surface area contributed by atoms with Crippen LogP contribution in [0.1, 0.15) is 38.5 Å². The normalized spacial score (nSPS) is 30.3. The molecule has 0 aliphatic heterocycles. The number of carbonyl (C=O) groups is 1. The summed E-state index contributed by atoms with van der Waals surface area (Å²) in [6, 6.07) is 0. The van der Waals surface area contributed by atoms with Gasteiger partial charge in [0.25, 0.3) is 0 Å². The van der Waals surface area contributed by atoms with Gasteiger partial charge in [-0.15, -0.1) is 0 Å². The second-order valence-electron chi connectivity index (χ2n) is 5.63. The molecule has 2 saturated carbocycles. The highest BCUT2D eigenvalue weighted by molar-refractivity contribution is 9.09. The summed E-state index contributed by atoms with van der Waals surface area (Å²) in [6.45, 7) is 0.903. The van der Waals surface area contributed by atoms with E-state index in [1.54, 1.807) is 7.11 Å². The first-order valence-corrected chi connectivity index (χ1v) is 7.39. The molecule has 0 aromatic carbocycles. The molecule has 4 heteroatoms. The molecule has 1 amide bonds. The Labute approximate surface area is 112 Å². The molecule has 0 saturated heterocycles. The summed E-state index contributed by atoms with van der Waals surface area (Å²) in [4.78, 5) is 14.7. The number of halogens is 1. The van der Waals surface area contributed by atoms with Crippen LogP contribution in [0.2, 0.25) is 0 Å². The maximum absolute atomic E-state index is 12.1. The number of nitrogens with zero attached hydrogens (tertiary/aromatic N) is 1. The molecular weight excluding hydrogens is 282 g/mol. The van der Waals surface area contributed by atoms with E-state index in [1.807, 2.05) is 11.9 Å². The summed E-state index contributed by atoms with van der Waals surface area (Å²) >= 11 is 3.58. The van der Waals surface area contributed by atoms with E-state index in [1.165, 1.54) is 19.3 Å². The molecule has 17 heavy (non-hydrogen) atoms. The molecule has 0 spiro atoms. The minimum Gasteiger partial charge on any atom is -0.378 e. The molecular formula is C13H22BrNO2. The van der Waals surface area contributed by atoms with Gasteiger partial charge >= 0.3 is 0 Å². The monoisotopic (exact) mass is 303 g/mol. The SMILES string of the molecule is COC1(CC(=O)N(C)CC2CC(Br)C2)CCC1. The Kier molecular flexibility index (Phi) is 4.14. The summed E-state index contributed by atoms with van der Waals surface area (Å²) < 4.78 is 5.50. The number of hydrogen-bond acceptors (Lipinski definition) is 2. The van der Waals surface area contributed by atoms with Crippen molar-refractivity contribution in [3.63, 3.8) is 0 Å². The zero-order chi connectivity index (χ0) is 12.5. The largest absolute Gasteiger partial charge is 0.378 e. The third kappa shape index (κ3) is 3.02. The molecule has 98 valence electrons. The molecule has 3 nitrogen and oxygen atoms in total. The fourth-order valence-electron chi connectivity index (χ4n) is 2.73. The van der Waals surface area contributed by atoms with Crippen molar-refractivity contribution in [2.75, 3.05) is 20.7 Å². The smallest absolute Gasteiger partial charge is 0.225 e. The standard InChI is InChI=1S/C13H22BrNO2/c1-15(9-10-6-11(14)7-10)12(16)8-13(17-2)4-3-5-13/h10-11H,3-9H2,1-2H3. The van der Waals surface area contributed by atoms with Crippen molar-refractivity contribution in [1.82, 2.24) is 4.90 Å². The van der Waals surface area contributed by atoms with Crippen molar-refractivity contribution in [3.05, 3.63) is 0 Å². The fourth-order valence-corrected chi connectivity index (χ4v) is 3.78. The van der Waals surface area contributed by atoms with Crippen LogP contribution in [0.15, 0.2) is 0 Å². The minimum absolute atomic E-state index is 0.136. The van der Waals surface area contributed by atoms with Crippen LogP contribution >= 0.6 is 15.9 Å². The van der Waals surface area contributed by atoms with Crippen molar-refractivity contribution in [3.8, 4) is 0 Å². The van der Waals surface area contributed by atoms with Crippen molar-refractivity contribution in [2.45, 2.75) is 49.0 Å². The molecule has 0 bridgehead atoms. The first-order valence-electron chi connectivity index (χ1n) is 6.48. The van der Waals surface area contributed by atoms with Crippen molar-refractivity contribution in [1.29, 1.82) is 0 Å². The number of amides is 1. The van der Waals surface area contributed by atoms with Gasteiger partial charge in [-0.3, -0.25) is 4.79 Å². The van der Waals surface area contributed by atoms with Gasteiger partial charge in [-0.25, -0.2) is 0 Å². The molecule has 0 atom stereocenters. The molecule has 0 heterocycles. The lowest BCUT2D eigenvalue weighted by Gasteiger charge is -2.41. The maximum Gasteiger partial charge on any atom is 0.225 e. The van der Waals surface area contributed by atoms with Gasteiger partial charge in [-0.05, 0) is 38.0 Å². The third-order valence-corrected chi connectivity index (χ3v) is 5.05. The summed E-state index contributed by atoms with van der Waals surface area (Å²) in [5.41, 5.74) is -0.136. The first kappa shape index (κ1) is 13.3. The van der Waals surface area contributed by atoms with Crippen LogP contribution < -0.4 is 0 Å². The van der Waals surface area contributed by atoms with Gasteiger partial charge in [0.1, 0.15) is 0 Å². The van der Waals surface area contributed by atoms with E-state index in [4.69, 9.17) is 4.74 Å². The van der Waals surface area contributed by atoms with Crippen LogP contribution in [0, 0.1) is 5.92 Å². The van der Waals surface area contributed by atoms with Crippen molar-refractivity contribution < 1.29 is 9.53 Å². The Morgan fingerprint density at radius 1 is 1.47 bits per heavy atom. The second-order valence-corrected chi connectivity index (χ2v) is 6.92. The summed E-state index contributed by atoms with van der Waals surface area (Å²) in [7, 11) is 3.65. The second kappa shape index (κ2) is 5.27. The third-order valence-electron chi connectivity index (χ3n) is 4.31. The van der Waals surface area contributed by atoms with Gasteiger partial charge in [-0.1, -0.05) is 15.9 Å². The Morgan fingerprint density at radius 3 is 2.53 bits per heavy atom. The number of methoxy groups -OCH3 is 1. The summed E-state index contributed by atoms with van der Waals surface area (Å²) in [6.07, 6.45) is 6.23. The zero-order valence-electron chi connectivity index (χ0n) is 10.7. The van der Waals surface area contributed by atoms with E-state index < -0.39 is 0 Å². The molecule has 0 aromatic rings. The average molecular weight is 304 g/mol. The van der Waals surface area contributed by atoms with Crippen molar-refractivity contribution >= 4 is 21.8 Å². The van der Waals surface area contributed by atoms with Gasteiger partial charge < -0.3 is 9.64 Å². The Balaban J connectivity index is 1.75. The number of ether oxygens (including phenoxy) is 1. The zero-order valence-corrected chi connectivity index (χ0v) is 12.3. The van der Waals surface area contributed by atoms with E-state index in [2.05, 4.69) is 15.9 Å². The molecule has 2 rings (SSSR count). The van der Waals surface area contributed by atoms with E-state index >= 15 is 0 Å². The fraction of sp³-hybridized carbons (Fsp3) is 0.923. The minimum atomic E-state index is -0.136. The van der Waals surface area contributed by atoms with E-state index in [0.29, 0.717) is 17.2 Å². The highest BCUT2D eigenvalue weighted by Gasteiger charge is 2.40. The number of alkyl halides is 1. The first-order chi connectivity index (χ1) is 8.04. The lowest BCUT2D eigenvalue weighted by Crippen LogP contribution is -2.46. The van der Waals surface area contributed by atoms with Gasteiger partial charge in [0.05, 0.1) is 12.0 Å². The average Bonchev–Trinajstić information content (AvgIpc) is 2.20. The summed E-state index contributed by atoms with van der Waals surface area (Å²) in [5.74, 6) is 0.929. The lowest BCUT2D eigenvalue weighted by molar-refractivity contribution is -0.143. The van der Waals surface area contributed by atoms with Gasteiger partial charge in [0.15, 0.2) is 0 Å². The van der Waals surface area contributed by atoms with Crippen LogP contribution in [-0.2, 0) is 9.53 Å². The van der Waals surface area contributed by atoms with Crippen LogP contribution in [-0.4, -0.2) is 41.9 Å². The van der Waals surface area contributed by atoms with E-state index in [-0.39, 0.29) is 11.5 Å². The van der Waals surface area contributed by atoms with Crippen LogP contribution in [0.25, 0.3) is 0 Å². The van der Waals surface area contributed by atoms with Crippen LogP contribution in [0.4, 0.5) is 0 Å². The van der Waals surface area contributed by atoms with E-state index in [0.717, 1.165) is 19.4 Å². The van der Waals surface area contributed by atoms with Crippen LogP contribution in [0.3, 0.4) is 0 Å². The van der Waals surface area contributed by atoms with Gasteiger partial charge in [0.2, 0.25) is 5.91 Å². The topological polar surface area (TPSA) is 29.5 Å². The van der Waals surface area contributed by atoms with Gasteiger partial charge in [-0.2, -0.15) is 0 Å². The highest BCUT2D eigenvalue weighted by Crippen LogP contribution is 2.39. The number of carbonyl (C=O) groups excluding carboxylic acids is 1. The molecule has 0 unspecified atom stereocenters. The number of rotatable bonds is 5. The Bertz CT molecular complexity index is 280. The van der Waals surface area contributed by atoms with Crippen molar-refractivity contribution in [2.24, 2.45) is 5.92 Å². The molecule has 0 radical (unpaired) electrons. The summed E-state index contributed by atoms with van der Waals surface area (Å²) in [5, 5.41) is 0. The van der Waals surface area contributed by atoms with E-state index in [9.17, 15) is 4.79 Å². The highest BCUT2D eigenvalue weighted by atomic mass is 79.9. The van der Waals surface area contributed by atoms with Crippen LogP contribution in [0.5, 0.6) is 0 Å². The Morgan fingerprint density at radius 2 is 2.12 bits per heavy atom. The molecule has 2 aliphatic rings. The maximum atomic E-state index is 12.1. The number of hydrogen-bond donors (Lipinski definition) is 0. The quantitative estimate of drug-likeness (QED) is 0.731. The predicted octanol–water partition coefficient (Wildman–Crippen LogP) is 2.58. The van der Waals surface area contributed by atoms with Gasteiger partial charge in [0, 0.05) is 25.5 Å². The predicted molar refractivity (Wildman–Crippen MR) is 71.3 cm³/mol. The molecule has 0 N–H and O–H groups in total. The molecule has 2 aliphatic carbocycles. The molecule has 0 aromatic heterocycles. The lowest BCUT2D eigenvalue weighted by atomic mass is 9.77.